The number of hydrogen-bond donors (Lipinski definition) is 0. The molecule has 16 heavy (non-hydrogen) atoms. The van der Waals surface area contributed by atoms with E-state index in [9.17, 15) is 10.1 Å². The summed E-state index contributed by atoms with van der Waals surface area (Å²) in [5.74, 6) is 0.722. The highest BCUT2D eigenvalue weighted by molar-refractivity contribution is 7.18. The maximum atomic E-state index is 10.6. The van der Waals surface area contributed by atoms with Crippen LogP contribution in [0, 0.1) is 10.1 Å². The highest BCUT2D eigenvalue weighted by Crippen LogP contribution is 2.37. The average Bonchev–Trinajstić information content (AvgIpc) is 2.78. The molecule has 2 aromatic rings. The summed E-state index contributed by atoms with van der Waals surface area (Å²) < 4.78 is 5.21. The number of methoxy groups -OCH3 is 1. The van der Waals surface area contributed by atoms with Gasteiger partial charge in [0.25, 0.3) is 0 Å². The van der Waals surface area contributed by atoms with Crippen LogP contribution in [0.1, 0.15) is 0 Å². The molecule has 0 aliphatic rings. The Balaban J connectivity index is 2.46. The van der Waals surface area contributed by atoms with Crippen LogP contribution in [0.15, 0.2) is 36.4 Å². The van der Waals surface area contributed by atoms with Gasteiger partial charge in [-0.25, -0.2) is 0 Å². The van der Waals surface area contributed by atoms with Crippen molar-refractivity contribution in [2.24, 2.45) is 0 Å². The molecule has 82 valence electrons. The number of benzene rings is 1. The molecule has 0 amide bonds. The van der Waals surface area contributed by atoms with E-state index in [1.165, 1.54) is 6.07 Å². The van der Waals surface area contributed by atoms with Crippen LogP contribution in [-0.4, -0.2) is 12.0 Å². The van der Waals surface area contributed by atoms with Crippen LogP contribution in [0.3, 0.4) is 0 Å². The molecule has 0 bridgehead atoms. The lowest BCUT2D eigenvalue weighted by molar-refractivity contribution is -0.380. The van der Waals surface area contributed by atoms with Gasteiger partial charge in [0, 0.05) is 16.5 Å². The maximum absolute atomic E-state index is 10.6. The predicted octanol–water partition coefficient (Wildman–Crippen LogP) is 3.33. The van der Waals surface area contributed by atoms with E-state index >= 15 is 0 Å². The fourth-order valence-electron chi connectivity index (χ4n) is 1.42. The lowest BCUT2D eigenvalue weighted by Gasteiger charge is -2.04. The molecule has 0 saturated carbocycles. The summed E-state index contributed by atoms with van der Waals surface area (Å²) in [6, 6.07) is 10.7. The minimum Gasteiger partial charge on any atom is -0.496 e. The van der Waals surface area contributed by atoms with E-state index in [0.717, 1.165) is 27.5 Å². The average molecular weight is 235 g/mol. The predicted molar refractivity (Wildman–Crippen MR) is 63.0 cm³/mol. The first-order chi connectivity index (χ1) is 7.72. The Hall–Kier alpha value is -1.88. The summed E-state index contributed by atoms with van der Waals surface area (Å²) in [5.41, 5.74) is 0.878. The Morgan fingerprint density at radius 2 is 2.00 bits per heavy atom. The first kappa shape index (κ1) is 10.6. The van der Waals surface area contributed by atoms with Gasteiger partial charge < -0.3 is 4.74 Å². The smallest absolute Gasteiger partial charge is 0.324 e. The zero-order valence-electron chi connectivity index (χ0n) is 8.54. The van der Waals surface area contributed by atoms with Crippen molar-refractivity contribution in [3.8, 4) is 16.2 Å². The number of hydrogen-bond acceptors (Lipinski definition) is 4. The fourth-order valence-corrected chi connectivity index (χ4v) is 2.27. The largest absolute Gasteiger partial charge is 0.496 e. The minimum absolute atomic E-state index is 0.140. The van der Waals surface area contributed by atoms with E-state index in [-0.39, 0.29) is 9.92 Å². The van der Waals surface area contributed by atoms with Crippen LogP contribution in [0.25, 0.3) is 10.4 Å². The standard InChI is InChI=1S/C11H9NO3S/c1-15-9-5-3-2-4-8(9)10-6-7-11(16-10)12(13)14/h2-7H,1H3. The third kappa shape index (κ3) is 1.90. The van der Waals surface area contributed by atoms with Crippen molar-refractivity contribution in [2.45, 2.75) is 0 Å². The normalized spacial score (nSPS) is 10.1. The van der Waals surface area contributed by atoms with Crippen molar-refractivity contribution in [1.29, 1.82) is 0 Å². The van der Waals surface area contributed by atoms with Gasteiger partial charge in [0.1, 0.15) is 5.75 Å². The SMILES string of the molecule is COc1ccccc1-c1ccc([N+](=O)[O-])s1. The van der Waals surface area contributed by atoms with Gasteiger partial charge in [-0.05, 0) is 18.2 Å². The number of ether oxygens (including phenoxy) is 1. The summed E-state index contributed by atoms with van der Waals surface area (Å²) in [7, 11) is 1.58. The molecule has 0 fully saturated rings. The molecule has 5 heteroatoms. The Bertz CT molecular complexity index is 521. The summed E-state index contributed by atoms with van der Waals surface area (Å²) in [6.07, 6.45) is 0. The topological polar surface area (TPSA) is 52.4 Å². The summed E-state index contributed by atoms with van der Waals surface area (Å²) >= 11 is 1.14. The van der Waals surface area contributed by atoms with Crippen LogP contribution in [0.2, 0.25) is 0 Å². The summed E-state index contributed by atoms with van der Waals surface area (Å²) in [6.45, 7) is 0. The molecule has 4 nitrogen and oxygen atoms in total. The van der Waals surface area contributed by atoms with E-state index in [2.05, 4.69) is 0 Å². The van der Waals surface area contributed by atoms with Crippen molar-refractivity contribution in [3.05, 3.63) is 46.5 Å². The van der Waals surface area contributed by atoms with Gasteiger partial charge in [-0.2, -0.15) is 0 Å². The second kappa shape index (κ2) is 4.32. The fraction of sp³-hybridized carbons (Fsp3) is 0.0909. The summed E-state index contributed by atoms with van der Waals surface area (Å²) in [4.78, 5) is 11.0. The molecule has 0 unspecified atom stereocenters. The van der Waals surface area contributed by atoms with Gasteiger partial charge >= 0.3 is 5.00 Å². The van der Waals surface area contributed by atoms with E-state index in [4.69, 9.17) is 4.74 Å². The lowest BCUT2D eigenvalue weighted by atomic mass is 10.1. The first-order valence-corrected chi connectivity index (χ1v) is 5.41. The molecule has 1 heterocycles. The second-order valence-electron chi connectivity index (χ2n) is 3.10. The molecule has 1 aromatic heterocycles. The number of thiophene rings is 1. The van der Waals surface area contributed by atoms with Gasteiger partial charge in [-0.15, -0.1) is 0 Å². The van der Waals surface area contributed by atoms with Crippen molar-refractivity contribution in [2.75, 3.05) is 7.11 Å². The monoisotopic (exact) mass is 235 g/mol. The Morgan fingerprint density at radius 1 is 1.25 bits per heavy atom. The van der Waals surface area contributed by atoms with Crippen molar-refractivity contribution >= 4 is 16.3 Å². The Kier molecular flexibility index (Phi) is 2.87. The van der Waals surface area contributed by atoms with Gasteiger partial charge in [-0.3, -0.25) is 10.1 Å². The van der Waals surface area contributed by atoms with Gasteiger partial charge in [0.05, 0.1) is 12.0 Å². The van der Waals surface area contributed by atoms with Gasteiger partial charge in [-0.1, -0.05) is 23.5 Å². The van der Waals surface area contributed by atoms with Crippen LogP contribution in [0.4, 0.5) is 5.00 Å². The number of rotatable bonds is 3. The molecule has 0 atom stereocenters. The third-order valence-corrected chi connectivity index (χ3v) is 3.21. The quantitative estimate of drug-likeness (QED) is 0.605. The Morgan fingerprint density at radius 3 is 2.62 bits per heavy atom. The number of nitro groups is 1. The highest BCUT2D eigenvalue weighted by atomic mass is 32.1. The third-order valence-electron chi connectivity index (χ3n) is 2.14. The Labute approximate surface area is 96.3 Å². The van der Waals surface area contributed by atoms with Crippen LogP contribution >= 0.6 is 11.3 Å². The van der Waals surface area contributed by atoms with E-state index in [0.29, 0.717) is 0 Å². The van der Waals surface area contributed by atoms with E-state index in [1.807, 2.05) is 24.3 Å². The van der Waals surface area contributed by atoms with Crippen LogP contribution < -0.4 is 4.74 Å². The molecular weight excluding hydrogens is 226 g/mol. The number of nitrogens with zero attached hydrogens (tertiary/aromatic N) is 1. The van der Waals surface area contributed by atoms with Crippen LogP contribution in [-0.2, 0) is 0 Å². The van der Waals surface area contributed by atoms with E-state index in [1.54, 1.807) is 13.2 Å². The lowest BCUT2D eigenvalue weighted by Crippen LogP contribution is -1.85. The van der Waals surface area contributed by atoms with Crippen LogP contribution in [0.5, 0.6) is 5.75 Å². The zero-order valence-corrected chi connectivity index (χ0v) is 9.36. The van der Waals surface area contributed by atoms with Gasteiger partial charge in [0.15, 0.2) is 0 Å². The number of para-hydroxylation sites is 1. The molecule has 0 N–H and O–H groups in total. The van der Waals surface area contributed by atoms with Gasteiger partial charge in [0.2, 0.25) is 0 Å². The highest BCUT2D eigenvalue weighted by Gasteiger charge is 2.13. The van der Waals surface area contributed by atoms with Crippen molar-refractivity contribution in [1.82, 2.24) is 0 Å². The van der Waals surface area contributed by atoms with Crippen molar-refractivity contribution < 1.29 is 9.66 Å². The van der Waals surface area contributed by atoms with Crippen molar-refractivity contribution in [3.63, 3.8) is 0 Å². The molecule has 0 spiro atoms. The minimum atomic E-state index is -0.385. The molecule has 1 aromatic carbocycles. The second-order valence-corrected chi connectivity index (χ2v) is 4.16. The molecule has 0 aliphatic carbocycles. The van der Waals surface area contributed by atoms with E-state index < -0.39 is 0 Å². The first-order valence-electron chi connectivity index (χ1n) is 4.60. The zero-order chi connectivity index (χ0) is 11.5. The molecule has 0 aliphatic heterocycles. The maximum Gasteiger partial charge on any atom is 0.324 e. The molecule has 0 radical (unpaired) electrons. The molecule has 0 saturated heterocycles. The summed E-state index contributed by atoms with van der Waals surface area (Å²) in [5, 5.41) is 10.7. The molecule has 2 rings (SSSR count). The molecular formula is C11H9NO3S.